The highest BCUT2D eigenvalue weighted by Gasteiger charge is 2.09. The van der Waals surface area contributed by atoms with Crippen molar-refractivity contribution < 1.29 is 9.63 Å². The van der Waals surface area contributed by atoms with Crippen LogP contribution in [0.15, 0.2) is 41.2 Å². The Morgan fingerprint density at radius 2 is 2.05 bits per heavy atom. The molecule has 0 amide bonds. The molecule has 96 valence electrons. The van der Waals surface area contributed by atoms with Crippen LogP contribution >= 0.6 is 0 Å². The van der Waals surface area contributed by atoms with Crippen molar-refractivity contribution in [2.45, 2.75) is 6.54 Å². The molecule has 0 radical (unpaired) electrons. The van der Waals surface area contributed by atoms with Crippen molar-refractivity contribution >= 4 is 5.69 Å². The number of aromatic nitrogens is 4. The van der Waals surface area contributed by atoms with Gasteiger partial charge in [-0.15, -0.1) is 0 Å². The Morgan fingerprint density at radius 1 is 1.26 bits per heavy atom. The van der Waals surface area contributed by atoms with Crippen molar-refractivity contribution in [2.24, 2.45) is 0 Å². The average molecular weight is 257 g/mol. The minimum absolute atomic E-state index is 0.194. The Kier molecular flexibility index (Phi) is 2.64. The summed E-state index contributed by atoms with van der Waals surface area (Å²) in [4.78, 5) is 4.25. The van der Waals surface area contributed by atoms with Gasteiger partial charge in [-0.1, -0.05) is 5.16 Å². The van der Waals surface area contributed by atoms with E-state index in [-0.39, 0.29) is 5.75 Å². The molecule has 2 heterocycles. The monoisotopic (exact) mass is 257 g/mol. The first-order valence-corrected chi connectivity index (χ1v) is 5.60. The zero-order chi connectivity index (χ0) is 13.2. The molecule has 0 spiro atoms. The molecule has 0 bridgehead atoms. The lowest BCUT2D eigenvalue weighted by atomic mass is 10.2. The molecule has 0 saturated carbocycles. The molecule has 0 atom stereocenters. The average Bonchev–Trinajstić information content (AvgIpc) is 3.00. The van der Waals surface area contributed by atoms with Gasteiger partial charge >= 0.3 is 0 Å². The van der Waals surface area contributed by atoms with E-state index in [9.17, 15) is 5.11 Å². The van der Waals surface area contributed by atoms with Crippen LogP contribution in [-0.2, 0) is 6.54 Å². The molecule has 0 aliphatic rings. The van der Waals surface area contributed by atoms with E-state index in [1.165, 1.54) is 0 Å². The van der Waals surface area contributed by atoms with Gasteiger partial charge in [0.05, 0.1) is 11.9 Å². The minimum atomic E-state index is 0.194. The number of hydrogen-bond acceptors (Lipinski definition) is 6. The smallest absolute Gasteiger partial charge is 0.248 e. The third-order valence-corrected chi connectivity index (χ3v) is 2.54. The Labute approximate surface area is 108 Å². The number of benzene rings is 1. The van der Waals surface area contributed by atoms with Crippen LogP contribution in [-0.4, -0.2) is 25.0 Å². The molecule has 0 aliphatic heterocycles. The van der Waals surface area contributed by atoms with Gasteiger partial charge in [-0.05, 0) is 24.3 Å². The molecule has 0 fully saturated rings. The zero-order valence-corrected chi connectivity index (χ0v) is 9.89. The minimum Gasteiger partial charge on any atom is -0.508 e. The molecular weight excluding hydrogens is 246 g/mol. The molecule has 0 aliphatic carbocycles. The van der Waals surface area contributed by atoms with E-state index in [0.29, 0.717) is 23.9 Å². The Balaban J connectivity index is 1.81. The summed E-state index contributed by atoms with van der Waals surface area (Å²) in [6.07, 6.45) is 3.24. The van der Waals surface area contributed by atoms with Crippen LogP contribution in [0.2, 0.25) is 0 Å². The number of aromatic hydroxyl groups is 1. The van der Waals surface area contributed by atoms with Crippen molar-refractivity contribution in [1.29, 1.82) is 0 Å². The highest BCUT2D eigenvalue weighted by Crippen LogP contribution is 2.19. The van der Waals surface area contributed by atoms with Crippen molar-refractivity contribution in [3.8, 4) is 17.1 Å². The molecule has 3 rings (SSSR count). The van der Waals surface area contributed by atoms with E-state index in [0.717, 1.165) is 5.56 Å². The maximum Gasteiger partial charge on any atom is 0.248 e. The fourth-order valence-corrected chi connectivity index (χ4v) is 1.65. The number of phenols is 1. The lowest BCUT2D eigenvalue weighted by Crippen LogP contribution is -2.00. The van der Waals surface area contributed by atoms with E-state index in [4.69, 9.17) is 10.3 Å². The van der Waals surface area contributed by atoms with Gasteiger partial charge in [-0.3, -0.25) is 4.68 Å². The second kappa shape index (κ2) is 4.45. The molecule has 0 saturated heterocycles. The standard InChI is InChI=1S/C12H11N5O2/c13-9-5-14-17(6-9)7-11-15-12(16-19-11)8-1-3-10(18)4-2-8/h1-6,18H,7,13H2. The Morgan fingerprint density at radius 3 is 2.74 bits per heavy atom. The second-order valence-corrected chi connectivity index (χ2v) is 4.03. The topological polar surface area (TPSA) is 103 Å². The first-order valence-electron chi connectivity index (χ1n) is 5.60. The molecule has 7 nitrogen and oxygen atoms in total. The predicted molar refractivity (Wildman–Crippen MR) is 67.1 cm³/mol. The van der Waals surface area contributed by atoms with E-state index in [1.54, 1.807) is 41.3 Å². The predicted octanol–water partition coefficient (Wildman–Crippen LogP) is 1.27. The van der Waals surface area contributed by atoms with Gasteiger partial charge in [0.2, 0.25) is 11.7 Å². The summed E-state index contributed by atoms with van der Waals surface area (Å²) < 4.78 is 6.75. The molecule has 1 aromatic carbocycles. The van der Waals surface area contributed by atoms with Gasteiger partial charge < -0.3 is 15.4 Å². The van der Waals surface area contributed by atoms with Crippen molar-refractivity contribution in [2.75, 3.05) is 5.73 Å². The van der Waals surface area contributed by atoms with Crippen molar-refractivity contribution in [3.05, 3.63) is 42.5 Å². The Hall–Kier alpha value is -2.83. The van der Waals surface area contributed by atoms with Crippen LogP contribution in [0.1, 0.15) is 5.89 Å². The fourth-order valence-electron chi connectivity index (χ4n) is 1.65. The number of rotatable bonds is 3. The van der Waals surface area contributed by atoms with Gasteiger partial charge in [-0.2, -0.15) is 10.1 Å². The van der Waals surface area contributed by atoms with Crippen LogP contribution in [0, 0.1) is 0 Å². The van der Waals surface area contributed by atoms with Gasteiger partial charge in [0, 0.05) is 11.8 Å². The molecule has 0 unspecified atom stereocenters. The molecule has 3 N–H and O–H groups in total. The zero-order valence-electron chi connectivity index (χ0n) is 9.89. The third kappa shape index (κ3) is 2.39. The van der Waals surface area contributed by atoms with Crippen LogP contribution in [0.4, 0.5) is 5.69 Å². The third-order valence-electron chi connectivity index (χ3n) is 2.54. The largest absolute Gasteiger partial charge is 0.508 e. The second-order valence-electron chi connectivity index (χ2n) is 4.03. The van der Waals surface area contributed by atoms with E-state index < -0.39 is 0 Å². The van der Waals surface area contributed by atoms with Gasteiger partial charge in [-0.25, -0.2) is 0 Å². The number of nitrogen functional groups attached to an aromatic ring is 1. The normalized spacial score (nSPS) is 10.7. The quantitative estimate of drug-likeness (QED) is 0.732. The van der Waals surface area contributed by atoms with Crippen molar-refractivity contribution in [1.82, 2.24) is 19.9 Å². The SMILES string of the molecule is Nc1cnn(Cc2nc(-c3ccc(O)cc3)no2)c1. The number of nitrogens with two attached hydrogens (primary N) is 1. The molecule has 3 aromatic rings. The summed E-state index contributed by atoms with van der Waals surface area (Å²) in [5.74, 6) is 1.10. The highest BCUT2D eigenvalue weighted by molar-refractivity contribution is 5.55. The number of hydrogen-bond donors (Lipinski definition) is 2. The summed E-state index contributed by atoms with van der Waals surface area (Å²) in [7, 11) is 0. The highest BCUT2D eigenvalue weighted by atomic mass is 16.5. The summed E-state index contributed by atoms with van der Waals surface area (Å²) in [6, 6.07) is 6.57. The van der Waals surface area contributed by atoms with E-state index >= 15 is 0 Å². The Bertz CT molecular complexity index is 686. The summed E-state index contributed by atoms with van der Waals surface area (Å²) >= 11 is 0. The maximum atomic E-state index is 9.22. The van der Waals surface area contributed by atoms with Crippen LogP contribution in [0.5, 0.6) is 5.75 Å². The molecule has 2 aromatic heterocycles. The first kappa shape index (κ1) is 11.3. The van der Waals surface area contributed by atoms with E-state index in [2.05, 4.69) is 15.2 Å². The van der Waals surface area contributed by atoms with Gasteiger partial charge in [0.1, 0.15) is 12.3 Å². The fraction of sp³-hybridized carbons (Fsp3) is 0.0833. The van der Waals surface area contributed by atoms with Gasteiger partial charge in [0.15, 0.2) is 0 Å². The number of phenolic OH excluding ortho intramolecular Hbond substituents is 1. The maximum absolute atomic E-state index is 9.22. The van der Waals surface area contributed by atoms with Crippen LogP contribution in [0.25, 0.3) is 11.4 Å². The van der Waals surface area contributed by atoms with Gasteiger partial charge in [0.25, 0.3) is 0 Å². The van der Waals surface area contributed by atoms with E-state index in [1.807, 2.05) is 0 Å². The molecule has 19 heavy (non-hydrogen) atoms. The summed E-state index contributed by atoms with van der Waals surface area (Å²) in [6.45, 7) is 0.363. The number of anilines is 1. The summed E-state index contributed by atoms with van der Waals surface area (Å²) in [5, 5.41) is 17.1. The first-order chi connectivity index (χ1) is 9.20. The van der Waals surface area contributed by atoms with Crippen molar-refractivity contribution in [3.63, 3.8) is 0 Å². The molecule has 7 heteroatoms. The summed E-state index contributed by atoms with van der Waals surface area (Å²) in [5.41, 5.74) is 6.92. The molecular formula is C12H11N5O2. The van der Waals surface area contributed by atoms with Crippen LogP contribution in [0.3, 0.4) is 0 Å². The number of nitrogens with zero attached hydrogens (tertiary/aromatic N) is 4. The van der Waals surface area contributed by atoms with Crippen LogP contribution < -0.4 is 5.73 Å². The lowest BCUT2D eigenvalue weighted by Gasteiger charge is -1.94. The lowest BCUT2D eigenvalue weighted by molar-refractivity contribution is 0.366.